The fraction of sp³-hybridized carbons (Fsp3) is 0.238. The molecular formula is C21H22N4O3. The molecule has 0 atom stereocenters. The van der Waals surface area contributed by atoms with Crippen LogP contribution in [0.5, 0.6) is 11.5 Å². The summed E-state index contributed by atoms with van der Waals surface area (Å²) in [6, 6.07) is 14.6. The number of rotatable bonds is 6. The Kier molecular flexibility index (Phi) is 4.89. The van der Waals surface area contributed by atoms with E-state index in [1.807, 2.05) is 48.5 Å². The first-order valence-corrected chi connectivity index (χ1v) is 9.13. The van der Waals surface area contributed by atoms with Crippen molar-refractivity contribution in [2.24, 2.45) is 0 Å². The lowest BCUT2D eigenvalue weighted by molar-refractivity contribution is 0.262. The predicted octanol–water partition coefficient (Wildman–Crippen LogP) is 4.62. The summed E-state index contributed by atoms with van der Waals surface area (Å²) in [5.74, 6) is 1.64. The Balaban J connectivity index is 1.65. The zero-order valence-corrected chi connectivity index (χ0v) is 15.8. The van der Waals surface area contributed by atoms with Gasteiger partial charge in [0.2, 0.25) is 0 Å². The molecule has 1 aromatic heterocycles. The lowest BCUT2D eigenvalue weighted by Crippen LogP contribution is -2.20. The zero-order chi connectivity index (χ0) is 19.5. The van der Waals surface area contributed by atoms with Crippen LogP contribution in [-0.4, -0.2) is 30.4 Å². The quantitative estimate of drug-likeness (QED) is 0.584. The van der Waals surface area contributed by atoms with E-state index in [0.717, 1.165) is 29.8 Å². The summed E-state index contributed by atoms with van der Waals surface area (Å²) in [5, 5.41) is 13.4. The molecule has 0 bridgehead atoms. The Hall–Kier alpha value is -3.48. The third-order valence-corrected chi connectivity index (χ3v) is 4.71. The lowest BCUT2D eigenvalue weighted by Gasteiger charge is -2.12. The van der Waals surface area contributed by atoms with Crippen LogP contribution < -0.4 is 20.1 Å². The maximum absolute atomic E-state index is 12.6. The Morgan fingerprint density at radius 3 is 2.46 bits per heavy atom. The van der Waals surface area contributed by atoms with E-state index in [1.54, 1.807) is 14.2 Å². The number of ether oxygens (including phenoxy) is 2. The number of hydrogen-bond acceptors (Lipinski definition) is 4. The molecule has 0 radical (unpaired) electrons. The monoisotopic (exact) mass is 378 g/mol. The molecule has 7 nitrogen and oxygen atoms in total. The van der Waals surface area contributed by atoms with Gasteiger partial charge < -0.3 is 20.1 Å². The molecule has 1 heterocycles. The van der Waals surface area contributed by atoms with Crippen LogP contribution in [0, 0.1) is 0 Å². The predicted molar refractivity (Wildman–Crippen MR) is 108 cm³/mol. The van der Waals surface area contributed by atoms with Gasteiger partial charge in [-0.2, -0.15) is 5.10 Å². The van der Waals surface area contributed by atoms with Gasteiger partial charge in [-0.15, -0.1) is 0 Å². The minimum absolute atomic E-state index is 0.309. The van der Waals surface area contributed by atoms with Crippen LogP contribution in [0.3, 0.4) is 0 Å². The Morgan fingerprint density at radius 1 is 1.04 bits per heavy atom. The van der Waals surface area contributed by atoms with Crippen molar-refractivity contribution in [1.29, 1.82) is 0 Å². The van der Waals surface area contributed by atoms with Crippen molar-refractivity contribution in [1.82, 2.24) is 10.2 Å². The van der Waals surface area contributed by atoms with Gasteiger partial charge in [0.1, 0.15) is 5.69 Å². The highest BCUT2D eigenvalue weighted by molar-refractivity contribution is 6.02. The van der Waals surface area contributed by atoms with E-state index < -0.39 is 0 Å². The molecule has 28 heavy (non-hydrogen) atoms. The maximum Gasteiger partial charge on any atom is 0.323 e. The summed E-state index contributed by atoms with van der Waals surface area (Å²) in [6.45, 7) is 0. The highest BCUT2D eigenvalue weighted by Crippen LogP contribution is 2.45. The summed E-state index contributed by atoms with van der Waals surface area (Å²) in [4.78, 5) is 12.6. The molecule has 4 rings (SSSR count). The number of hydrogen-bond donors (Lipinski definition) is 3. The van der Waals surface area contributed by atoms with Gasteiger partial charge in [-0.25, -0.2) is 4.79 Å². The van der Waals surface area contributed by atoms with E-state index in [4.69, 9.17) is 9.47 Å². The summed E-state index contributed by atoms with van der Waals surface area (Å²) in [5.41, 5.74) is 3.88. The van der Waals surface area contributed by atoms with Crippen LogP contribution in [0.15, 0.2) is 48.5 Å². The second-order valence-electron chi connectivity index (χ2n) is 6.65. The van der Waals surface area contributed by atoms with Crippen LogP contribution in [0.25, 0.3) is 11.3 Å². The van der Waals surface area contributed by atoms with Gasteiger partial charge in [-0.05, 0) is 43.2 Å². The van der Waals surface area contributed by atoms with Crippen LogP contribution in [0.1, 0.15) is 24.5 Å². The molecular weight excluding hydrogens is 356 g/mol. The van der Waals surface area contributed by atoms with E-state index >= 15 is 0 Å². The number of benzene rings is 2. The van der Waals surface area contributed by atoms with Gasteiger partial charge >= 0.3 is 6.03 Å². The van der Waals surface area contributed by atoms with E-state index in [9.17, 15) is 4.79 Å². The number of carbonyl (C=O) groups excluding carboxylic acids is 1. The molecule has 3 aromatic rings. The molecule has 7 heteroatoms. The summed E-state index contributed by atoms with van der Waals surface area (Å²) in [6.07, 6.45) is 2.17. The Labute approximate surface area is 163 Å². The van der Waals surface area contributed by atoms with Gasteiger partial charge in [0, 0.05) is 17.2 Å². The van der Waals surface area contributed by atoms with Crippen molar-refractivity contribution in [3.63, 3.8) is 0 Å². The van der Waals surface area contributed by atoms with E-state index in [1.165, 1.54) is 0 Å². The van der Waals surface area contributed by atoms with E-state index in [0.29, 0.717) is 28.8 Å². The third-order valence-electron chi connectivity index (χ3n) is 4.71. The fourth-order valence-corrected chi connectivity index (χ4v) is 3.14. The zero-order valence-electron chi connectivity index (χ0n) is 15.8. The number of para-hydroxylation sites is 1. The molecule has 0 saturated heterocycles. The van der Waals surface area contributed by atoms with Crippen LogP contribution >= 0.6 is 0 Å². The van der Waals surface area contributed by atoms with Gasteiger partial charge in [0.25, 0.3) is 0 Å². The molecule has 0 unspecified atom stereocenters. The number of nitrogens with zero attached hydrogens (tertiary/aromatic N) is 1. The van der Waals surface area contributed by atoms with Gasteiger partial charge in [0.05, 0.1) is 25.6 Å². The number of amides is 2. The van der Waals surface area contributed by atoms with Gasteiger partial charge in [-0.3, -0.25) is 5.10 Å². The maximum atomic E-state index is 12.6. The fourth-order valence-electron chi connectivity index (χ4n) is 3.14. The second-order valence-corrected chi connectivity index (χ2v) is 6.65. The molecule has 1 aliphatic carbocycles. The van der Waals surface area contributed by atoms with Crippen molar-refractivity contribution in [3.8, 4) is 22.8 Å². The number of H-pyrrole nitrogens is 1. The first-order chi connectivity index (χ1) is 13.7. The summed E-state index contributed by atoms with van der Waals surface area (Å²) in [7, 11) is 3.19. The number of urea groups is 1. The number of carbonyl (C=O) groups is 1. The molecule has 1 aliphatic rings. The Morgan fingerprint density at radius 2 is 1.79 bits per heavy atom. The normalized spacial score (nSPS) is 13.1. The average Bonchev–Trinajstić information content (AvgIpc) is 3.49. The highest BCUT2D eigenvalue weighted by Gasteiger charge is 2.31. The molecule has 0 spiro atoms. The number of nitrogens with one attached hydrogen (secondary N) is 3. The minimum atomic E-state index is -0.309. The molecule has 2 amide bonds. The molecule has 1 saturated carbocycles. The standard InChI is InChI=1S/C21H22N4O3/c1-27-16-11-10-14(12-17(16)28-2)19-20(18(24-25-19)13-8-9-13)23-21(26)22-15-6-4-3-5-7-15/h3-7,10-13H,8-9H2,1-2H3,(H,24,25)(H2,22,23,26). The van der Waals surface area contributed by atoms with Crippen LogP contribution in [-0.2, 0) is 0 Å². The van der Waals surface area contributed by atoms with Crippen molar-refractivity contribution < 1.29 is 14.3 Å². The van der Waals surface area contributed by atoms with Crippen molar-refractivity contribution >= 4 is 17.4 Å². The summed E-state index contributed by atoms with van der Waals surface area (Å²) >= 11 is 0. The minimum Gasteiger partial charge on any atom is -0.493 e. The average molecular weight is 378 g/mol. The molecule has 2 aromatic carbocycles. The molecule has 3 N–H and O–H groups in total. The molecule has 0 aliphatic heterocycles. The van der Waals surface area contributed by atoms with Gasteiger partial charge in [-0.1, -0.05) is 18.2 Å². The SMILES string of the molecule is COc1ccc(-c2n[nH]c(C3CC3)c2NC(=O)Nc2ccccc2)cc1OC. The topological polar surface area (TPSA) is 88.3 Å². The first-order valence-electron chi connectivity index (χ1n) is 9.13. The van der Waals surface area contributed by atoms with Crippen molar-refractivity contribution in [2.75, 3.05) is 24.9 Å². The first kappa shape index (κ1) is 17.9. The smallest absolute Gasteiger partial charge is 0.323 e. The molecule has 144 valence electrons. The molecule has 1 fully saturated rings. The summed E-state index contributed by atoms with van der Waals surface area (Å²) < 4.78 is 10.7. The van der Waals surface area contributed by atoms with Crippen LogP contribution in [0.2, 0.25) is 0 Å². The van der Waals surface area contributed by atoms with Gasteiger partial charge in [0.15, 0.2) is 11.5 Å². The van der Waals surface area contributed by atoms with E-state index in [2.05, 4.69) is 20.8 Å². The largest absolute Gasteiger partial charge is 0.493 e. The lowest BCUT2D eigenvalue weighted by atomic mass is 10.1. The van der Waals surface area contributed by atoms with E-state index in [-0.39, 0.29) is 6.03 Å². The number of methoxy groups -OCH3 is 2. The van der Waals surface area contributed by atoms with Crippen molar-refractivity contribution in [3.05, 3.63) is 54.2 Å². The second kappa shape index (κ2) is 7.64. The van der Waals surface area contributed by atoms with Crippen LogP contribution in [0.4, 0.5) is 16.2 Å². The third kappa shape index (κ3) is 3.64. The number of aromatic amines is 1. The number of anilines is 2. The Bertz CT molecular complexity index is 981. The number of aromatic nitrogens is 2. The highest BCUT2D eigenvalue weighted by atomic mass is 16.5. The van der Waals surface area contributed by atoms with Crippen molar-refractivity contribution in [2.45, 2.75) is 18.8 Å².